The number of aliphatic imine (C=N–C) groups is 1. The van der Waals surface area contributed by atoms with Gasteiger partial charge in [-0.3, -0.25) is 9.69 Å². The van der Waals surface area contributed by atoms with Crippen molar-refractivity contribution in [3.63, 3.8) is 0 Å². The first-order chi connectivity index (χ1) is 12.0. The van der Waals surface area contributed by atoms with Crippen LogP contribution < -0.4 is 4.90 Å². The van der Waals surface area contributed by atoms with Gasteiger partial charge in [-0.25, -0.2) is 4.39 Å². The predicted molar refractivity (Wildman–Crippen MR) is 90.6 cm³/mol. The minimum absolute atomic E-state index is 0.0422. The van der Waals surface area contributed by atoms with Crippen molar-refractivity contribution in [2.75, 3.05) is 7.05 Å². The molecule has 0 saturated heterocycles. The minimum Gasteiger partial charge on any atom is -0.268 e. The van der Waals surface area contributed by atoms with Crippen LogP contribution in [0.3, 0.4) is 0 Å². The zero-order valence-electron chi connectivity index (χ0n) is 14.1. The standard InChI is InChI=1S/C17H17FN6O/c1-10(2)7-11-8-24(21-20-11)15-16-22(3)17(25)14-12(18)5-4-6-13(14)23(16)9-19-15/h4-6,8-10H,7H2,1-3H3/q+1. The Morgan fingerprint density at radius 3 is 2.88 bits per heavy atom. The van der Waals surface area contributed by atoms with Crippen LogP contribution in [0.5, 0.6) is 0 Å². The van der Waals surface area contributed by atoms with E-state index in [4.69, 9.17) is 0 Å². The van der Waals surface area contributed by atoms with Gasteiger partial charge in [0.1, 0.15) is 11.4 Å². The topological polar surface area (TPSA) is 69.3 Å². The van der Waals surface area contributed by atoms with Crippen molar-refractivity contribution in [2.45, 2.75) is 20.3 Å². The normalized spacial score (nSPS) is 16.8. The molecule has 1 amide bonds. The number of halogens is 1. The Morgan fingerprint density at radius 2 is 2.12 bits per heavy atom. The Bertz CT molecular complexity index is 929. The van der Waals surface area contributed by atoms with Crippen LogP contribution in [0, 0.1) is 11.7 Å². The second kappa shape index (κ2) is 5.59. The number of anilines is 1. The number of amides is 1. The van der Waals surface area contributed by atoms with Gasteiger partial charge in [-0.15, -0.1) is 5.10 Å². The Morgan fingerprint density at radius 1 is 1.32 bits per heavy atom. The molecule has 7 nitrogen and oxygen atoms in total. The third kappa shape index (κ3) is 2.37. The monoisotopic (exact) mass is 340 g/mol. The second-order valence-corrected chi connectivity index (χ2v) is 6.51. The van der Waals surface area contributed by atoms with E-state index in [0.717, 1.165) is 12.1 Å². The summed E-state index contributed by atoms with van der Waals surface area (Å²) in [6.45, 7) is 4.21. The van der Waals surface area contributed by atoms with Crippen LogP contribution in [0.1, 0.15) is 29.9 Å². The molecule has 0 aliphatic carbocycles. The second-order valence-electron chi connectivity index (χ2n) is 6.51. The number of nitrogens with zero attached hydrogens (tertiary/aromatic N) is 6. The van der Waals surface area contributed by atoms with Crippen molar-refractivity contribution in [1.29, 1.82) is 0 Å². The predicted octanol–water partition coefficient (Wildman–Crippen LogP) is 2.30. The molecule has 0 atom stereocenters. The lowest BCUT2D eigenvalue weighted by Crippen LogP contribution is -2.42. The van der Waals surface area contributed by atoms with Crippen LogP contribution in [-0.2, 0) is 6.42 Å². The number of carbonyl (C=O) groups is 1. The molecule has 1 radical (unpaired) electrons. The average Bonchev–Trinajstić information content (AvgIpc) is 3.18. The third-order valence-corrected chi connectivity index (χ3v) is 4.19. The fourth-order valence-electron chi connectivity index (χ4n) is 3.08. The van der Waals surface area contributed by atoms with Gasteiger partial charge in [-0.1, -0.05) is 25.1 Å². The van der Waals surface area contributed by atoms with E-state index in [2.05, 4.69) is 29.2 Å². The molecule has 127 valence electrons. The van der Waals surface area contributed by atoms with Gasteiger partial charge >= 0.3 is 5.82 Å². The van der Waals surface area contributed by atoms with Gasteiger partial charge in [0.25, 0.3) is 12.2 Å². The summed E-state index contributed by atoms with van der Waals surface area (Å²) < 4.78 is 15.7. The largest absolute Gasteiger partial charge is 0.318 e. The molecule has 8 heteroatoms. The van der Waals surface area contributed by atoms with E-state index in [1.165, 1.54) is 11.0 Å². The highest BCUT2D eigenvalue weighted by Gasteiger charge is 2.48. The first-order valence-corrected chi connectivity index (χ1v) is 8.03. The lowest BCUT2D eigenvalue weighted by molar-refractivity contribution is 0.0810. The van der Waals surface area contributed by atoms with Gasteiger partial charge in [-0.2, -0.15) is 9.67 Å². The lowest BCUT2D eigenvalue weighted by Gasteiger charge is -2.24. The van der Waals surface area contributed by atoms with Crippen molar-refractivity contribution >= 4 is 23.8 Å². The van der Waals surface area contributed by atoms with Crippen LogP contribution in [0.2, 0.25) is 0 Å². The van der Waals surface area contributed by atoms with Crippen LogP contribution in [0.15, 0.2) is 35.2 Å². The van der Waals surface area contributed by atoms with E-state index in [0.29, 0.717) is 23.2 Å². The van der Waals surface area contributed by atoms with Crippen LogP contribution >= 0.6 is 0 Å². The van der Waals surface area contributed by atoms with Crippen LogP contribution in [0.4, 0.5) is 10.1 Å². The van der Waals surface area contributed by atoms with Gasteiger partial charge < -0.3 is 0 Å². The molecular weight excluding hydrogens is 323 g/mol. The van der Waals surface area contributed by atoms with Gasteiger partial charge in [0.15, 0.2) is 0 Å². The fraction of sp³-hybridized carbons (Fsp3) is 0.294. The molecule has 25 heavy (non-hydrogen) atoms. The molecule has 0 spiro atoms. The number of carbonyl (C=O) groups excluding carboxylic acids is 1. The maximum atomic E-state index is 14.1. The third-order valence-electron chi connectivity index (χ3n) is 4.19. The summed E-state index contributed by atoms with van der Waals surface area (Å²) in [6.07, 6.45) is 4.18. The molecule has 4 rings (SSSR count). The van der Waals surface area contributed by atoms with E-state index in [-0.39, 0.29) is 5.56 Å². The first kappa shape index (κ1) is 15.6. The van der Waals surface area contributed by atoms with Crippen molar-refractivity contribution in [2.24, 2.45) is 10.9 Å². The Kier molecular flexibility index (Phi) is 3.50. The first-order valence-electron chi connectivity index (χ1n) is 8.03. The SMILES string of the molecule is CC(C)Cc1cn(C2=C3N(C)C(=O)c4c(F)cccc4[N+]3C=N2)nn1. The summed E-state index contributed by atoms with van der Waals surface area (Å²) in [5.41, 5.74) is 1.37. The van der Waals surface area contributed by atoms with Gasteiger partial charge in [0.05, 0.1) is 11.9 Å². The number of hydrogen-bond acceptors (Lipinski definition) is 5. The van der Waals surface area contributed by atoms with Crippen LogP contribution in [0.25, 0.3) is 5.82 Å². The van der Waals surface area contributed by atoms with Crippen molar-refractivity contribution in [1.82, 2.24) is 24.8 Å². The highest BCUT2D eigenvalue weighted by Crippen LogP contribution is 2.37. The Hall–Kier alpha value is -2.87. The highest BCUT2D eigenvalue weighted by atomic mass is 19.1. The molecule has 0 saturated carbocycles. The highest BCUT2D eigenvalue weighted by molar-refractivity contribution is 6.06. The molecule has 3 heterocycles. The van der Waals surface area contributed by atoms with Gasteiger partial charge in [-0.05, 0) is 23.3 Å². The summed E-state index contributed by atoms with van der Waals surface area (Å²) in [5.74, 6) is 0.512. The number of aromatic nitrogens is 3. The molecule has 2 aliphatic rings. The maximum Gasteiger partial charge on any atom is 0.318 e. The van der Waals surface area contributed by atoms with E-state index in [9.17, 15) is 9.18 Å². The molecule has 0 N–H and O–H groups in total. The van der Waals surface area contributed by atoms with Gasteiger partial charge in [0.2, 0.25) is 11.5 Å². The minimum atomic E-state index is -0.546. The number of benzene rings is 1. The van der Waals surface area contributed by atoms with Crippen molar-refractivity contribution in [3.8, 4) is 0 Å². The number of hydrogen-bond donors (Lipinski definition) is 0. The maximum absolute atomic E-state index is 14.1. The molecule has 2 aromatic rings. The van der Waals surface area contributed by atoms with Crippen LogP contribution in [-0.4, -0.2) is 39.2 Å². The molecule has 0 fully saturated rings. The Balaban J connectivity index is 1.82. The molecule has 2 aliphatic heterocycles. The zero-order chi connectivity index (χ0) is 17.7. The molecular formula is C17H17FN6O+. The fourth-order valence-corrected chi connectivity index (χ4v) is 3.08. The molecule has 1 aromatic heterocycles. The summed E-state index contributed by atoms with van der Waals surface area (Å²) in [6, 6.07) is 4.55. The number of fused-ring (bicyclic) bond motifs is 3. The van der Waals surface area contributed by atoms with E-state index < -0.39 is 11.7 Å². The quantitative estimate of drug-likeness (QED) is 0.805. The molecule has 0 bridgehead atoms. The van der Waals surface area contributed by atoms with Gasteiger partial charge in [0, 0.05) is 13.1 Å². The summed E-state index contributed by atoms with van der Waals surface area (Å²) >= 11 is 0. The van der Waals surface area contributed by atoms with Crippen molar-refractivity contribution < 1.29 is 9.18 Å². The van der Waals surface area contributed by atoms with E-state index in [1.54, 1.807) is 35.1 Å². The zero-order valence-corrected chi connectivity index (χ0v) is 14.1. The summed E-state index contributed by atoms with van der Waals surface area (Å²) in [4.78, 5) is 20.1. The smallest absolute Gasteiger partial charge is 0.268 e. The number of rotatable bonds is 3. The summed E-state index contributed by atoms with van der Waals surface area (Å²) in [5, 5.41) is 8.30. The summed E-state index contributed by atoms with van der Waals surface area (Å²) in [7, 11) is 1.60. The molecule has 1 aromatic carbocycles. The molecule has 0 unspecified atom stereocenters. The van der Waals surface area contributed by atoms with E-state index >= 15 is 0 Å². The Labute approximate surface area is 144 Å². The van der Waals surface area contributed by atoms with E-state index in [1.807, 2.05) is 6.20 Å². The average molecular weight is 340 g/mol. The lowest BCUT2D eigenvalue weighted by atomic mass is 10.1. The van der Waals surface area contributed by atoms with Crippen molar-refractivity contribution in [3.05, 3.63) is 47.3 Å².